The number of aliphatic hydroxyl groups excluding tert-OH is 3. The van der Waals surface area contributed by atoms with Gasteiger partial charge in [0.05, 0.1) is 37.8 Å². The van der Waals surface area contributed by atoms with Gasteiger partial charge in [-0.05, 0) is 50.3 Å². The van der Waals surface area contributed by atoms with Gasteiger partial charge in [-0.15, -0.1) is 0 Å². The van der Waals surface area contributed by atoms with Crippen LogP contribution in [0.2, 0.25) is 0 Å². The van der Waals surface area contributed by atoms with Gasteiger partial charge in [-0.2, -0.15) is 0 Å². The first-order chi connectivity index (χ1) is 24.7. The summed E-state index contributed by atoms with van der Waals surface area (Å²) in [7, 11) is 0. The van der Waals surface area contributed by atoms with Gasteiger partial charge in [0.15, 0.2) is 0 Å². The normalized spacial score (nSPS) is 12.4. The van der Waals surface area contributed by atoms with Crippen molar-refractivity contribution in [3.05, 3.63) is 35.9 Å². The summed E-state index contributed by atoms with van der Waals surface area (Å²) >= 11 is 0. The molecule has 0 heterocycles. The molecular weight excluding hydrogens is 652 g/mol. The highest BCUT2D eigenvalue weighted by Crippen LogP contribution is 2.27. The molecule has 0 aliphatic carbocycles. The van der Waals surface area contributed by atoms with Gasteiger partial charge in [0.1, 0.15) is 6.61 Å². The lowest BCUT2D eigenvalue weighted by molar-refractivity contribution is -0.146. The molecule has 0 aromatic heterocycles. The van der Waals surface area contributed by atoms with E-state index >= 15 is 0 Å². The summed E-state index contributed by atoms with van der Waals surface area (Å²) in [6.07, 6.45) is 6.39. The van der Waals surface area contributed by atoms with Crippen LogP contribution in [0.1, 0.15) is 102 Å². The number of hydrogen-bond acceptors (Lipinski definition) is 9. The van der Waals surface area contributed by atoms with Crippen LogP contribution in [-0.4, -0.2) is 144 Å². The molecule has 0 radical (unpaired) electrons. The van der Waals surface area contributed by atoms with Crippen LogP contribution in [0.15, 0.2) is 30.3 Å². The van der Waals surface area contributed by atoms with Crippen molar-refractivity contribution >= 4 is 23.7 Å². The van der Waals surface area contributed by atoms with E-state index in [0.717, 1.165) is 51.4 Å². The van der Waals surface area contributed by atoms with Gasteiger partial charge in [0, 0.05) is 58.7 Å². The SMILES string of the molecule is CCCCN(CCO)CC(CC(=O)N(CCO)CCCC)C(CC(=O)N(CCCC)CCOC(=O)c1ccccc1)C(=O)N(CCO)CCCC. The highest BCUT2D eigenvalue weighted by molar-refractivity contribution is 5.89. The predicted molar refractivity (Wildman–Crippen MR) is 200 cm³/mol. The Morgan fingerprint density at radius 3 is 1.65 bits per heavy atom. The smallest absolute Gasteiger partial charge is 0.338 e. The number of nitrogens with zero attached hydrogens (tertiary/aromatic N) is 4. The lowest BCUT2D eigenvalue weighted by Crippen LogP contribution is -2.48. The number of ether oxygens (including phenoxy) is 1. The maximum absolute atomic E-state index is 14.6. The van der Waals surface area contributed by atoms with Crippen LogP contribution in [0, 0.1) is 11.8 Å². The fourth-order valence-corrected chi connectivity index (χ4v) is 6.09. The molecule has 0 aliphatic heterocycles. The second kappa shape index (κ2) is 28.5. The third kappa shape index (κ3) is 18.3. The van der Waals surface area contributed by atoms with Crippen molar-refractivity contribution in [3.8, 4) is 0 Å². The number of carbonyl (C=O) groups excluding carboxylic acids is 4. The molecule has 0 saturated carbocycles. The number of amides is 3. The molecule has 1 rings (SSSR count). The Kier molecular flexibility index (Phi) is 25.7. The molecule has 292 valence electrons. The Morgan fingerprint density at radius 2 is 1.10 bits per heavy atom. The summed E-state index contributed by atoms with van der Waals surface area (Å²) in [4.78, 5) is 62.3. The van der Waals surface area contributed by atoms with Gasteiger partial charge >= 0.3 is 5.97 Å². The average Bonchev–Trinajstić information content (AvgIpc) is 3.13. The van der Waals surface area contributed by atoms with Crippen LogP contribution in [0.4, 0.5) is 0 Å². The number of carbonyl (C=O) groups is 4. The summed E-state index contributed by atoms with van der Waals surface area (Å²) in [5.41, 5.74) is 0.419. The minimum absolute atomic E-state index is 0.00809. The average molecular weight is 721 g/mol. The summed E-state index contributed by atoms with van der Waals surface area (Å²) in [5.74, 6) is -2.68. The maximum Gasteiger partial charge on any atom is 0.338 e. The zero-order chi connectivity index (χ0) is 37.9. The molecule has 0 spiro atoms. The highest BCUT2D eigenvalue weighted by Gasteiger charge is 2.37. The van der Waals surface area contributed by atoms with Gasteiger partial charge in [0.25, 0.3) is 0 Å². The van der Waals surface area contributed by atoms with Crippen molar-refractivity contribution in [3.63, 3.8) is 0 Å². The Labute approximate surface area is 307 Å². The van der Waals surface area contributed by atoms with Crippen LogP contribution in [-0.2, 0) is 19.1 Å². The molecule has 2 atom stereocenters. The Hall–Kier alpha value is -3.06. The largest absolute Gasteiger partial charge is 0.460 e. The van der Waals surface area contributed by atoms with Crippen molar-refractivity contribution in [1.29, 1.82) is 0 Å². The summed E-state index contributed by atoms with van der Waals surface area (Å²) < 4.78 is 5.52. The molecule has 1 aromatic rings. The van der Waals surface area contributed by atoms with Crippen molar-refractivity contribution in [2.24, 2.45) is 11.8 Å². The molecule has 2 unspecified atom stereocenters. The van der Waals surface area contributed by atoms with E-state index in [1.165, 1.54) is 0 Å². The van der Waals surface area contributed by atoms with E-state index in [0.29, 0.717) is 44.8 Å². The molecule has 0 bridgehead atoms. The summed E-state index contributed by atoms with van der Waals surface area (Å²) in [6.45, 7) is 10.8. The maximum atomic E-state index is 14.6. The first-order valence-corrected chi connectivity index (χ1v) is 19.3. The first kappa shape index (κ1) is 46.0. The van der Waals surface area contributed by atoms with Gasteiger partial charge in [-0.25, -0.2) is 4.79 Å². The van der Waals surface area contributed by atoms with E-state index in [-0.39, 0.29) is 76.6 Å². The third-order valence-electron chi connectivity index (χ3n) is 9.16. The highest BCUT2D eigenvalue weighted by atomic mass is 16.5. The monoisotopic (exact) mass is 721 g/mol. The van der Waals surface area contributed by atoms with Crippen molar-refractivity contribution in [1.82, 2.24) is 19.6 Å². The number of aliphatic hydroxyl groups is 3. The molecule has 51 heavy (non-hydrogen) atoms. The van der Waals surface area contributed by atoms with Crippen molar-refractivity contribution in [2.45, 2.75) is 91.9 Å². The molecule has 12 nitrogen and oxygen atoms in total. The van der Waals surface area contributed by atoms with Crippen LogP contribution in [0.3, 0.4) is 0 Å². The summed E-state index contributed by atoms with van der Waals surface area (Å²) in [6, 6.07) is 8.65. The van der Waals surface area contributed by atoms with Crippen LogP contribution in [0.25, 0.3) is 0 Å². The third-order valence-corrected chi connectivity index (χ3v) is 9.16. The van der Waals surface area contributed by atoms with E-state index in [1.807, 2.05) is 26.8 Å². The van der Waals surface area contributed by atoms with Gasteiger partial charge in [-0.1, -0.05) is 71.6 Å². The molecule has 12 heteroatoms. The predicted octanol–water partition coefficient (Wildman–Crippen LogP) is 3.82. The first-order valence-electron chi connectivity index (χ1n) is 19.3. The molecule has 0 aliphatic rings. The Bertz CT molecular complexity index is 1090. The second-order valence-corrected chi connectivity index (χ2v) is 13.2. The van der Waals surface area contributed by atoms with Gasteiger partial charge in [0.2, 0.25) is 17.7 Å². The molecule has 3 amide bonds. The number of unbranched alkanes of at least 4 members (excludes halogenated alkanes) is 4. The number of hydrogen-bond donors (Lipinski definition) is 3. The van der Waals surface area contributed by atoms with Gasteiger partial charge < -0.3 is 39.7 Å². The van der Waals surface area contributed by atoms with E-state index in [9.17, 15) is 34.5 Å². The van der Waals surface area contributed by atoms with E-state index in [2.05, 4.69) is 11.8 Å². The Morgan fingerprint density at radius 1 is 0.608 bits per heavy atom. The molecule has 0 saturated heterocycles. The fraction of sp³-hybridized carbons (Fsp3) is 0.744. The van der Waals surface area contributed by atoms with Crippen LogP contribution in [0.5, 0.6) is 0 Å². The lowest BCUT2D eigenvalue weighted by Gasteiger charge is -2.36. The second-order valence-electron chi connectivity index (χ2n) is 13.2. The topological polar surface area (TPSA) is 151 Å². The quantitative estimate of drug-likeness (QED) is 0.101. The number of benzene rings is 1. The van der Waals surface area contributed by atoms with Crippen LogP contribution < -0.4 is 0 Å². The molecule has 1 aromatic carbocycles. The molecular formula is C39H68N4O8. The molecule has 0 fully saturated rings. The zero-order valence-electron chi connectivity index (χ0n) is 32.0. The molecule has 3 N–H and O–H groups in total. The summed E-state index contributed by atoms with van der Waals surface area (Å²) in [5, 5.41) is 29.6. The zero-order valence-corrected chi connectivity index (χ0v) is 32.0. The van der Waals surface area contributed by atoms with E-state index in [4.69, 9.17) is 4.74 Å². The van der Waals surface area contributed by atoms with E-state index in [1.54, 1.807) is 39.0 Å². The van der Waals surface area contributed by atoms with Crippen LogP contribution >= 0.6 is 0 Å². The van der Waals surface area contributed by atoms with Gasteiger partial charge in [-0.3, -0.25) is 14.4 Å². The fourth-order valence-electron chi connectivity index (χ4n) is 6.09. The lowest BCUT2D eigenvalue weighted by atomic mass is 9.83. The Balaban J connectivity index is 3.56. The number of rotatable bonds is 30. The number of esters is 1. The standard InChI is InChI=1S/C39H68N4O8/c1-5-9-18-40(22-26-44)32-34(30-36(47)41(23-27-45)19-10-6-2)35(38(49)43(24-28-46)21-12-8-4)31-37(48)42(20-11-7-3)25-29-51-39(50)33-16-14-13-15-17-33/h13-17,34-35,44-46H,5-12,18-32H2,1-4H3. The van der Waals surface area contributed by atoms with E-state index < -0.39 is 17.8 Å². The minimum Gasteiger partial charge on any atom is -0.460 e. The van der Waals surface area contributed by atoms with Crippen molar-refractivity contribution < 1.29 is 39.2 Å². The van der Waals surface area contributed by atoms with Crippen molar-refractivity contribution in [2.75, 3.05) is 85.3 Å². The minimum atomic E-state index is -0.883.